The Labute approximate surface area is 216 Å². The van der Waals surface area contributed by atoms with Gasteiger partial charge in [0.05, 0.1) is 18.5 Å². The van der Waals surface area contributed by atoms with E-state index in [9.17, 15) is 9.90 Å². The summed E-state index contributed by atoms with van der Waals surface area (Å²) in [6.45, 7) is 12.1. The molecule has 0 saturated carbocycles. The minimum absolute atomic E-state index is 0.0682. The van der Waals surface area contributed by atoms with E-state index in [4.69, 9.17) is 26.3 Å². The molecule has 2 aliphatic heterocycles. The molecule has 2 saturated heterocycles. The molecule has 1 unspecified atom stereocenters. The van der Waals surface area contributed by atoms with Crippen molar-refractivity contribution in [1.29, 1.82) is 0 Å². The van der Waals surface area contributed by atoms with Crippen LogP contribution in [0.2, 0.25) is 5.02 Å². The topological polar surface area (TPSA) is 87.0 Å². The van der Waals surface area contributed by atoms with Gasteiger partial charge in [0.25, 0.3) is 0 Å². The number of halogens is 1. The Bertz CT molecular complexity index is 1270. The number of aromatic hydroxyl groups is 1. The van der Waals surface area contributed by atoms with E-state index in [0.29, 0.717) is 62.4 Å². The molecule has 36 heavy (non-hydrogen) atoms. The average molecular weight is 513 g/mol. The van der Waals surface area contributed by atoms with Crippen LogP contribution in [0.25, 0.3) is 10.9 Å². The number of fused-ring (bicyclic) bond motifs is 1. The number of rotatable bonds is 4. The smallest absolute Gasteiger partial charge is 0.228 e. The zero-order valence-electron chi connectivity index (χ0n) is 21.2. The van der Waals surface area contributed by atoms with Gasteiger partial charge in [0.1, 0.15) is 16.9 Å². The second kappa shape index (κ2) is 9.44. The van der Waals surface area contributed by atoms with Crippen molar-refractivity contribution in [2.75, 3.05) is 55.7 Å². The third-order valence-electron chi connectivity index (χ3n) is 7.23. The summed E-state index contributed by atoms with van der Waals surface area (Å²) < 4.78 is 8.10. The average Bonchev–Trinajstić information content (AvgIpc) is 3.20. The van der Waals surface area contributed by atoms with Crippen molar-refractivity contribution in [2.45, 2.75) is 39.3 Å². The highest BCUT2D eigenvalue weighted by atomic mass is 35.5. The molecule has 0 radical (unpaired) electrons. The number of carbonyl (C=O) groups is 1. The molecule has 192 valence electrons. The molecule has 5 rings (SSSR count). The Balaban J connectivity index is 1.55. The van der Waals surface area contributed by atoms with Crippen LogP contribution >= 0.6 is 11.6 Å². The summed E-state index contributed by atoms with van der Waals surface area (Å²) >= 11 is 6.13. The molecule has 0 aliphatic carbocycles. The van der Waals surface area contributed by atoms with Crippen molar-refractivity contribution in [3.63, 3.8) is 0 Å². The Morgan fingerprint density at radius 2 is 1.78 bits per heavy atom. The maximum atomic E-state index is 11.8. The van der Waals surface area contributed by atoms with Gasteiger partial charge in [-0.1, -0.05) is 23.7 Å². The summed E-state index contributed by atoms with van der Waals surface area (Å²) in [5.41, 5.74) is 1.04. The SMILES string of the molecule is CC(=O)N1CCN(c2nc(N3CCOC(C)(c4ccc(Cl)cc4)C3)c3cn(C(C)C)c(O)c3n2)CC1. The molecule has 3 aromatic rings. The molecule has 2 fully saturated rings. The van der Waals surface area contributed by atoms with Gasteiger partial charge in [0, 0.05) is 56.9 Å². The highest BCUT2D eigenvalue weighted by Gasteiger charge is 2.36. The van der Waals surface area contributed by atoms with Crippen LogP contribution in [0.4, 0.5) is 11.8 Å². The van der Waals surface area contributed by atoms with Crippen molar-refractivity contribution >= 4 is 40.2 Å². The van der Waals surface area contributed by atoms with E-state index < -0.39 is 5.60 Å². The molecule has 9 nitrogen and oxygen atoms in total. The van der Waals surface area contributed by atoms with Gasteiger partial charge in [-0.3, -0.25) is 4.79 Å². The molecular weight excluding hydrogens is 480 g/mol. The normalized spacial score (nSPS) is 21.0. The van der Waals surface area contributed by atoms with Gasteiger partial charge < -0.3 is 29.1 Å². The van der Waals surface area contributed by atoms with E-state index in [1.54, 1.807) is 6.92 Å². The molecule has 1 atom stereocenters. The predicted molar refractivity (Wildman–Crippen MR) is 141 cm³/mol. The van der Waals surface area contributed by atoms with Gasteiger partial charge in [-0.15, -0.1) is 0 Å². The van der Waals surface area contributed by atoms with E-state index in [0.717, 1.165) is 16.8 Å². The van der Waals surface area contributed by atoms with E-state index >= 15 is 0 Å². The number of hydrogen-bond donors (Lipinski definition) is 1. The van der Waals surface area contributed by atoms with Crippen LogP contribution in [0.1, 0.15) is 39.3 Å². The molecule has 2 aliphatic rings. The maximum absolute atomic E-state index is 11.8. The second-order valence-electron chi connectivity index (χ2n) is 10.1. The van der Waals surface area contributed by atoms with Crippen molar-refractivity contribution in [1.82, 2.24) is 19.4 Å². The quantitative estimate of drug-likeness (QED) is 0.569. The minimum atomic E-state index is -0.546. The maximum Gasteiger partial charge on any atom is 0.228 e. The van der Waals surface area contributed by atoms with Crippen LogP contribution in [0.5, 0.6) is 5.88 Å². The number of anilines is 2. The Kier molecular flexibility index (Phi) is 6.46. The summed E-state index contributed by atoms with van der Waals surface area (Å²) in [5.74, 6) is 1.56. The number of nitrogens with zero attached hydrogens (tertiary/aromatic N) is 6. The largest absolute Gasteiger partial charge is 0.493 e. The monoisotopic (exact) mass is 512 g/mol. The first-order chi connectivity index (χ1) is 17.2. The molecule has 0 bridgehead atoms. The van der Waals surface area contributed by atoms with Crippen LogP contribution in [-0.2, 0) is 15.1 Å². The van der Waals surface area contributed by atoms with E-state index in [2.05, 4.69) is 16.7 Å². The third-order valence-corrected chi connectivity index (χ3v) is 7.48. The fourth-order valence-electron chi connectivity index (χ4n) is 5.08. The minimum Gasteiger partial charge on any atom is -0.493 e. The lowest BCUT2D eigenvalue weighted by atomic mass is 9.94. The van der Waals surface area contributed by atoms with Crippen LogP contribution < -0.4 is 9.80 Å². The molecule has 1 aromatic carbocycles. The predicted octanol–water partition coefficient (Wildman–Crippen LogP) is 3.79. The van der Waals surface area contributed by atoms with Gasteiger partial charge in [0.15, 0.2) is 0 Å². The van der Waals surface area contributed by atoms with Crippen LogP contribution in [0.3, 0.4) is 0 Å². The molecule has 4 heterocycles. The summed E-state index contributed by atoms with van der Waals surface area (Å²) in [4.78, 5) is 27.8. The van der Waals surface area contributed by atoms with Gasteiger partial charge in [-0.05, 0) is 38.5 Å². The summed E-state index contributed by atoms with van der Waals surface area (Å²) in [6, 6.07) is 7.84. The lowest BCUT2D eigenvalue weighted by molar-refractivity contribution is -0.129. The number of piperazine rings is 1. The van der Waals surface area contributed by atoms with Crippen LogP contribution in [0.15, 0.2) is 30.5 Å². The van der Waals surface area contributed by atoms with Gasteiger partial charge in [0.2, 0.25) is 17.7 Å². The lowest BCUT2D eigenvalue weighted by Crippen LogP contribution is -2.49. The summed E-state index contributed by atoms with van der Waals surface area (Å²) in [6.07, 6.45) is 1.94. The molecular formula is C26H33ClN6O3. The van der Waals surface area contributed by atoms with Crippen molar-refractivity contribution < 1.29 is 14.6 Å². The van der Waals surface area contributed by atoms with Crippen molar-refractivity contribution in [3.8, 4) is 5.88 Å². The van der Waals surface area contributed by atoms with Crippen LogP contribution in [-0.4, -0.2) is 76.3 Å². The highest BCUT2D eigenvalue weighted by Crippen LogP contribution is 2.38. The number of amides is 1. The lowest BCUT2D eigenvalue weighted by Gasteiger charge is -2.42. The molecule has 2 aromatic heterocycles. The number of ether oxygens (including phenoxy) is 1. The summed E-state index contributed by atoms with van der Waals surface area (Å²) in [7, 11) is 0. The molecule has 1 amide bonds. The Morgan fingerprint density at radius 1 is 1.08 bits per heavy atom. The first-order valence-corrected chi connectivity index (χ1v) is 12.8. The molecule has 1 N–H and O–H groups in total. The van der Waals surface area contributed by atoms with Gasteiger partial charge in [-0.25, -0.2) is 4.98 Å². The highest BCUT2D eigenvalue weighted by molar-refractivity contribution is 6.30. The zero-order chi connectivity index (χ0) is 25.6. The standard InChI is InChI=1S/C26H33ClN6O3/c1-17(2)33-15-21-22(24(33)35)28-25(31-11-9-30(10-12-31)18(3)34)29-23(21)32-13-14-36-26(4,16-32)19-5-7-20(27)8-6-19/h5-8,15,17,35H,9-14,16H2,1-4H3. The van der Waals surface area contributed by atoms with E-state index in [-0.39, 0.29) is 17.8 Å². The number of carbonyl (C=O) groups excluding carboxylic acids is 1. The third kappa shape index (κ3) is 4.46. The number of benzene rings is 1. The zero-order valence-corrected chi connectivity index (χ0v) is 22.0. The van der Waals surface area contributed by atoms with Gasteiger partial charge in [-0.2, -0.15) is 4.98 Å². The van der Waals surface area contributed by atoms with E-state index in [1.165, 1.54) is 0 Å². The Hall–Kier alpha value is -3.04. The van der Waals surface area contributed by atoms with Crippen LogP contribution in [0, 0.1) is 0 Å². The molecule has 0 spiro atoms. The second-order valence-corrected chi connectivity index (χ2v) is 10.5. The van der Waals surface area contributed by atoms with Crippen molar-refractivity contribution in [2.24, 2.45) is 0 Å². The Morgan fingerprint density at radius 3 is 2.42 bits per heavy atom. The number of hydrogen-bond acceptors (Lipinski definition) is 7. The number of morpholine rings is 1. The van der Waals surface area contributed by atoms with Gasteiger partial charge >= 0.3 is 0 Å². The fourth-order valence-corrected chi connectivity index (χ4v) is 5.21. The van der Waals surface area contributed by atoms with E-state index in [1.807, 2.05) is 53.8 Å². The first-order valence-electron chi connectivity index (χ1n) is 12.4. The molecule has 10 heteroatoms. The fraction of sp³-hybridized carbons (Fsp3) is 0.500. The summed E-state index contributed by atoms with van der Waals surface area (Å²) in [5, 5.41) is 12.6. The first kappa shape index (κ1) is 24.6. The number of aromatic nitrogens is 3. The van der Waals surface area contributed by atoms with Crippen molar-refractivity contribution in [3.05, 3.63) is 41.0 Å².